The molecule has 1 unspecified atom stereocenters. The molecule has 9 heteroatoms. The van der Waals surface area contributed by atoms with Gasteiger partial charge in [0.2, 0.25) is 15.0 Å². The molecule has 2 aromatic rings. The van der Waals surface area contributed by atoms with Crippen molar-refractivity contribution in [2.45, 2.75) is 64.5 Å². The second kappa shape index (κ2) is 9.86. The fourth-order valence-electron chi connectivity index (χ4n) is 3.68. The van der Waals surface area contributed by atoms with Crippen molar-refractivity contribution >= 4 is 9.84 Å². The van der Waals surface area contributed by atoms with Crippen molar-refractivity contribution in [3.05, 3.63) is 30.4 Å². The van der Waals surface area contributed by atoms with E-state index in [0.717, 1.165) is 38.2 Å². The van der Waals surface area contributed by atoms with Crippen LogP contribution in [0.1, 0.15) is 39.3 Å². The van der Waals surface area contributed by atoms with Gasteiger partial charge in [-0.15, -0.1) is 0 Å². The number of likely N-dealkylation sites (N-methyl/N-ethyl adjacent to an activating group) is 1. The predicted molar refractivity (Wildman–Crippen MR) is 111 cm³/mol. The summed E-state index contributed by atoms with van der Waals surface area (Å²) in [6.45, 7) is 10.7. The summed E-state index contributed by atoms with van der Waals surface area (Å²) in [4.78, 5) is 6.64. The third kappa shape index (κ3) is 5.90. The molecule has 0 bridgehead atoms. The lowest BCUT2D eigenvalue weighted by Gasteiger charge is -2.22. The second-order valence-corrected chi connectivity index (χ2v) is 10.0. The second-order valence-electron chi connectivity index (χ2n) is 8.09. The van der Waals surface area contributed by atoms with E-state index in [-0.39, 0.29) is 17.0 Å². The predicted octanol–water partition coefficient (Wildman–Crippen LogP) is 2.21. The van der Waals surface area contributed by atoms with Gasteiger partial charge in [0.05, 0.1) is 30.3 Å². The quantitative estimate of drug-likeness (QED) is 0.551. The van der Waals surface area contributed by atoms with Crippen LogP contribution in [0.4, 0.5) is 0 Å². The van der Waals surface area contributed by atoms with Crippen molar-refractivity contribution in [2.75, 3.05) is 25.4 Å². The monoisotopic (exact) mass is 423 g/mol. The smallest absolute Gasteiger partial charge is 0.227 e. The number of ether oxygens (including phenoxy) is 1. The van der Waals surface area contributed by atoms with Crippen molar-refractivity contribution in [1.29, 1.82) is 0 Å². The average Bonchev–Trinajstić information content (AvgIpc) is 3.41. The Morgan fingerprint density at radius 3 is 2.83 bits per heavy atom. The van der Waals surface area contributed by atoms with Crippen LogP contribution in [0.5, 0.6) is 0 Å². The summed E-state index contributed by atoms with van der Waals surface area (Å²) >= 11 is 0. The summed E-state index contributed by atoms with van der Waals surface area (Å²) in [7, 11) is -3.50. The van der Waals surface area contributed by atoms with Crippen molar-refractivity contribution in [2.24, 2.45) is 5.92 Å². The maximum absolute atomic E-state index is 13.1. The first-order chi connectivity index (χ1) is 13.9. The lowest BCUT2D eigenvalue weighted by atomic mass is 10.2. The van der Waals surface area contributed by atoms with E-state index in [0.29, 0.717) is 25.6 Å². The Hall–Kier alpha value is -1.71. The Morgan fingerprint density at radius 1 is 1.38 bits per heavy atom. The molecule has 8 nitrogen and oxygen atoms in total. The average molecular weight is 424 g/mol. The zero-order chi connectivity index (χ0) is 20.9. The molecular weight excluding hydrogens is 390 g/mol. The molecule has 1 aliphatic rings. The minimum absolute atomic E-state index is 0.0122. The van der Waals surface area contributed by atoms with Gasteiger partial charge >= 0.3 is 0 Å². The van der Waals surface area contributed by atoms with Gasteiger partial charge in [0.1, 0.15) is 0 Å². The van der Waals surface area contributed by atoms with E-state index >= 15 is 0 Å². The Bertz CT molecular complexity index is 855. The molecule has 0 N–H and O–H groups in total. The van der Waals surface area contributed by atoms with Gasteiger partial charge in [-0.1, -0.05) is 20.8 Å². The Balaban J connectivity index is 1.76. The van der Waals surface area contributed by atoms with Gasteiger partial charge in [0, 0.05) is 38.6 Å². The molecule has 1 aliphatic heterocycles. The molecule has 0 aliphatic carbocycles. The van der Waals surface area contributed by atoms with Gasteiger partial charge in [-0.3, -0.25) is 9.58 Å². The minimum atomic E-state index is -3.50. The van der Waals surface area contributed by atoms with Gasteiger partial charge < -0.3 is 9.30 Å². The van der Waals surface area contributed by atoms with E-state index < -0.39 is 9.84 Å². The largest absolute Gasteiger partial charge is 0.377 e. The number of hydrogen-bond acceptors (Lipinski definition) is 6. The summed E-state index contributed by atoms with van der Waals surface area (Å²) in [5, 5.41) is 4.43. The first-order valence-electron chi connectivity index (χ1n) is 10.5. The lowest BCUT2D eigenvalue weighted by Crippen LogP contribution is -2.29. The first-order valence-corrected chi connectivity index (χ1v) is 12.1. The fraction of sp³-hybridized carbons (Fsp3) is 0.700. The van der Waals surface area contributed by atoms with E-state index in [4.69, 9.17) is 4.74 Å². The number of imidazole rings is 1. The number of nitrogens with zero attached hydrogens (tertiary/aromatic N) is 5. The van der Waals surface area contributed by atoms with Crippen molar-refractivity contribution in [3.63, 3.8) is 0 Å². The minimum Gasteiger partial charge on any atom is -0.377 e. The van der Waals surface area contributed by atoms with Gasteiger partial charge in [0.25, 0.3) is 0 Å². The van der Waals surface area contributed by atoms with Crippen LogP contribution in [0.25, 0.3) is 0 Å². The normalized spacial score (nSPS) is 17.6. The summed E-state index contributed by atoms with van der Waals surface area (Å²) in [6.07, 6.45) is 6.96. The molecular formula is C20H33N5O3S. The highest BCUT2D eigenvalue weighted by molar-refractivity contribution is 7.91. The SMILES string of the molecule is CCN(CCn1cccn1)Cc1cnc(S(=O)(=O)CC2CCCO2)n1CC(C)C. The maximum atomic E-state index is 13.1. The van der Waals surface area contributed by atoms with Crippen LogP contribution in [0, 0.1) is 5.92 Å². The summed E-state index contributed by atoms with van der Waals surface area (Å²) < 4.78 is 35.5. The molecule has 2 aromatic heterocycles. The first kappa shape index (κ1) is 22.0. The molecule has 1 fully saturated rings. The van der Waals surface area contributed by atoms with Crippen molar-refractivity contribution < 1.29 is 13.2 Å². The maximum Gasteiger partial charge on any atom is 0.227 e. The molecule has 0 radical (unpaired) electrons. The van der Waals surface area contributed by atoms with E-state index in [1.165, 1.54) is 0 Å². The molecule has 29 heavy (non-hydrogen) atoms. The number of hydrogen-bond donors (Lipinski definition) is 0. The molecule has 1 atom stereocenters. The van der Waals surface area contributed by atoms with E-state index in [1.807, 2.05) is 21.5 Å². The summed E-state index contributed by atoms with van der Waals surface area (Å²) in [6, 6.07) is 1.92. The highest BCUT2D eigenvalue weighted by Gasteiger charge is 2.29. The molecule has 0 saturated carbocycles. The Kier molecular flexibility index (Phi) is 7.48. The summed E-state index contributed by atoms with van der Waals surface area (Å²) in [5.41, 5.74) is 0.937. The van der Waals surface area contributed by atoms with Gasteiger partial charge in [-0.05, 0) is 31.4 Å². The molecule has 3 heterocycles. The topological polar surface area (TPSA) is 82.2 Å². The number of aromatic nitrogens is 4. The van der Waals surface area contributed by atoms with Crippen LogP contribution in [0.15, 0.2) is 29.8 Å². The molecule has 1 saturated heterocycles. The van der Waals surface area contributed by atoms with Crippen molar-refractivity contribution in [1.82, 2.24) is 24.2 Å². The molecule has 0 spiro atoms. The van der Waals surface area contributed by atoms with Crippen LogP contribution in [0.3, 0.4) is 0 Å². The van der Waals surface area contributed by atoms with Gasteiger partial charge in [0.15, 0.2) is 0 Å². The van der Waals surface area contributed by atoms with E-state index in [2.05, 4.69) is 35.8 Å². The Morgan fingerprint density at radius 2 is 2.21 bits per heavy atom. The fourth-order valence-corrected chi connectivity index (χ4v) is 5.32. The third-order valence-corrected chi connectivity index (χ3v) is 6.89. The van der Waals surface area contributed by atoms with Crippen LogP contribution < -0.4 is 0 Å². The van der Waals surface area contributed by atoms with Gasteiger partial charge in [-0.25, -0.2) is 13.4 Å². The van der Waals surface area contributed by atoms with Crippen LogP contribution in [-0.2, 0) is 34.2 Å². The van der Waals surface area contributed by atoms with Gasteiger partial charge in [-0.2, -0.15) is 5.10 Å². The van der Waals surface area contributed by atoms with E-state index in [9.17, 15) is 8.42 Å². The van der Waals surface area contributed by atoms with Crippen LogP contribution in [0.2, 0.25) is 0 Å². The standard InChI is InChI=1S/C20H33N5O3S/c1-4-23(10-11-24-9-6-8-22-24)15-18-13-21-20(25(18)14-17(2)3)29(26,27)16-19-7-5-12-28-19/h6,8-9,13,17,19H,4-5,7,10-12,14-16H2,1-3H3. The summed E-state index contributed by atoms with van der Waals surface area (Å²) in [5.74, 6) is 0.331. The lowest BCUT2D eigenvalue weighted by molar-refractivity contribution is 0.127. The molecule has 3 rings (SSSR count). The van der Waals surface area contributed by atoms with E-state index in [1.54, 1.807) is 12.4 Å². The number of rotatable bonds is 11. The molecule has 0 aromatic carbocycles. The Labute approximate surface area is 173 Å². The van der Waals surface area contributed by atoms with Crippen LogP contribution in [-0.4, -0.2) is 64.2 Å². The zero-order valence-electron chi connectivity index (χ0n) is 17.7. The molecule has 0 amide bonds. The molecule has 162 valence electrons. The highest BCUT2D eigenvalue weighted by atomic mass is 32.2. The number of sulfone groups is 1. The van der Waals surface area contributed by atoms with Crippen molar-refractivity contribution in [3.8, 4) is 0 Å². The zero-order valence-corrected chi connectivity index (χ0v) is 18.5. The third-order valence-electron chi connectivity index (χ3n) is 5.19. The van der Waals surface area contributed by atoms with Crippen LogP contribution >= 0.6 is 0 Å². The highest BCUT2D eigenvalue weighted by Crippen LogP contribution is 2.21.